The molecule has 4 aromatic rings. The number of amides is 2. The van der Waals surface area contributed by atoms with E-state index >= 15 is 0 Å². The minimum Gasteiger partial charge on any atom is -0.359 e. The fourth-order valence-electron chi connectivity index (χ4n) is 4.35. The lowest BCUT2D eigenvalue weighted by Gasteiger charge is -2.24. The smallest absolute Gasteiger partial charge is 0.247 e. The molecule has 1 aliphatic rings. The number of imidazole rings is 1. The van der Waals surface area contributed by atoms with Crippen LogP contribution in [0.25, 0.3) is 22.3 Å². The van der Waals surface area contributed by atoms with E-state index in [4.69, 9.17) is 4.52 Å². The Labute approximate surface area is 191 Å². The molecule has 2 N–H and O–H groups in total. The number of hydrogen-bond donors (Lipinski definition) is 2. The normalized spacial score (nSPS) is 15.8. The third-order valence-corrected chi connectivity index (χ3v) is 6.05. The van der Waals surface area contributed by atoms with Gasteiger partial charge in [-0.1, -0.05) is 47.6 Å². The van der Waals surface area contributed by atoms with E-state index in [0.29, 0.717) is 42.9 Å². The van der Waals surface area contributed by atoms with Gasteiger partial charge in [-0.15, -0.1) is 0 Å². The summed E-state index contributed by atoms with van der Waals surface area (Å²) in [7, 11) is 0. The number of H-pyrrole nitrogens is 1. The number of para-hydroxylation sites is 2. The van der Waals surface area contributed by atoms with Crippen molar-refractivity contribution in [3.05, 3.63) is 66.2 Å². The maximum atomic E-state index is 13.2. The fraction of sp³-hybridized carbons (Fsp3) is 0.280. The molecule has 0 saturated carbocycles. The minimum atomic E-state index is -0.508. The van der Waals surface area contributed by atoms with Gasteiger partial charge >= 0.3 is 0 Å². The molecule has 33 heavy (non-hydrogen) atoms. The zero-order valence-corrected chi connectivity index (χ0v) is 18.4. The Morgan fingerprint density at radius 1 is 1.15 bits per heavy atom. The van der Waals surface area contributed by atoms with E-state index in [-0.39, 0.29) is 11.8 Å². The lowest BCUT2D eigenvalue weighted by molar-refractivity contribution is -0.136. The molecule has 1 fully saturated rings. The number of carbonyl (C=O) groups excluding carboxylic acids is 2. The largest absolute Gasteiger partial charge is 0.359 e. The molecule has 1 aliphatic heterocycles. The van der Waals surface area contributed by atoms with Crippen LogP contribution in [-0.4, -0.2) is 44.4 Å². The number of aromatic nitrogens is 3. The molecule has 8 nitrogen and oxygen atoms in total. The van der Waals surface area contributed by atoms with Crippen molar-refractivity contribution < 1.29 is 14.1 Å². The summed E-state index contributed by atoms with van der Waals surface area (Å²) in [5.41, 5.74) is 3.83. The highest BCUT2D eigenvalue weighted by atomic mass is 16.5. The highest BCUT2D eigenvalue weighted by molar-refractivity contribution is 6.00. The third kappa shape index (κ3) is 4.24. The second-order valence-electron chi connectivity index (χ2n) is 8.26. The van der Waals surface area contributed by atoms with Crippen LogP contribution in [0.2, 0.25) is 0 Å². The number of rotatable bonds is 6. The number of anilines is 1. The van der Waals surface area contributed by atoms with Crippen LogP contribution in [0.15, 0.2) is 59.1 Å². The summed E-state index contributed by atoms with van der Waals surface area (Å²) in [6, 6.07) is 16.8. The summed E-state index contributed by atoms with van der Waals surface area (Å²) >= 11 is 0. The summed E-state index contributed by atoms with van der Waals surface area (Å²) in [5, 5.41) is 7.09. The van der Waals surface area contributed by atoms with Gasteiger partial charge in [0.2, 0.25) is 11.8 Å². The molecule has 1 saturated heterocycles. The summed E-state index contributed by atoms with van der Waals surface area (Å²) in [6.07, 6.45) is 2.22. The first-order valence-corrected chi connectivity index (χ1v) is 11.2. The van der Waals surface area contributed by atoms with Crippen LogP contribution in [0.3, 0.4) is 0 Å². The number of nitrogens with zero attached hydrogens (tertiary/aromatic N) is 3. The monoisotopic (exact) mass is 443 g/mol. The van der Waals surface area contributed by atoms with E-state index in [1.54, 1.807) is 11.8 Å². The highest BCUT2D eigenvalue weighted by Gasteiger charge is 2.34. The second kappa shape index (κ2) is 8.90. The molecule has 0 unspecified atom stereocenters. The average Bonchev–Trinajstić information content (AvgIpc) is 3.57. The molecule has 168 valence electrons. The summed E-state index contributed by atoms with van der Waals surface area (Å²) < 4.78 is 5.34. The van der Waals surface area contributed by atoms with Crippen molar-refractivity contribution in [1.82, 2.24) is 20.0 Å². The summed E-state index contributed by atoms with van der Waals surface area (Å²) in [4.78, 5) is 35.6. The average molecular weight is 444 g/mol. The predicted molar refractivity (Wildman–Crippen MR) is 124 cm³/mol. The van der Waals surface area contributed by atoms with E-state index in [1.807, 2.05) is 54.6 Å². The topological polar surface area (TPSA) is 104 Å². The van der Waals surface area contributed by atoms with E-state index in [1.165, 1.54) is 0 Å². The molecule has 2 amide bonds. The lowest BCUT2D eigenvalue weighted by Crippen LogP contribution is -2.43. The van der Waals surface area contributed by atoms with E-state index < -0.39 is 6.04 Å². The van der Waals surface area contributed by atoms with Gasteiger partial charge in [-0.3, -0.25) is 9.59 Å². The number of carbonyl (C=O) groups is 2. The number of fused-ring (bicyclic) bond motifs is 1. The molecular formula is C25H25N5O3. The highest BCUT2D eigenvalue weighted by Crippen LogP contribution is 2.31. The number of benzene rings is 2. The van der Waals surface area contributed by atoms with Crippen LogP contribution in [0.4, 0.5) is 5.69 Å². The fourth-order valence-corrected chi connectivity index (χ4v) is 4.35. The molecule has 0 radical (unpaired) electrons. The maximum absolute atomic E-state index is 13.2. The Hall–Kier alpha value is -3.94. The van der Waals surface area contributed by atoms with Crippen LogP contribution < -0.4 is 5.32 Å². The number of hydrogen-bond acceptors (Lipinski definition) is 5. The first-order chi connectivity index (χ1) is 16.1. The molecule has 0 spiro atoms. The van der Waals surface area contributed by atoms with Crippen molar-refractivity contribution in [1.29, 1.82) is 0 Å². The van der Waals surface area contributed by atoms with Crippen molar-refractivity contribution in [2.24, 2.45) is 0 Å². The van der Waals surface area contributed by atoms with Crippen molar-refractivity contribution in [2.75, 3.05) is 11.9 Å². The van der Waals surface area contributed by atoms with E-state index in [9.17, 15) is 9.59 Å². The van der Waals surface area contributed by atoms with E-state index in [0.717, 1.165) is 28.8 Å². The third-order valence-electron chi connectivity index (χ3n) is 6.05. The van der Waals surface area contributed by atoms with Gasteiger partial charge in [0, 0.05) is 24.9 Å². The quantitative estimate of drug-likeness (QED) is 0.467. The Kier molecular flexibility index (Phi) is 5.64. The molecule has 0 aliphatic carbocycles. The van der Waals surface area contributed by atoms with Gasteiger partial charge in [0.25, 0.3) is 0 Å². The number of aromatic amines is 1. The number of likely N-dealkylation sites (tertiary alicyclic amines) is 1. The standard InChI is InChI=1S/C25H25N5O3/c1-16-23(24(29-33-16)17-8-3-2-4-9-17)28-25(32)20-12-7-15-30(20)22(31)14-13-21-26-18-10-5-6-11-19(18)27-21/h2-6,8-11,20H,7,12-15H2,1H3,(H,26,27)(H,28,32)/t20-/m0/s1. The lowest BCUT2D eigenvalue weighted by atomic mass is 10.1. The predicted octanol–water partition coefficient (Wildman–Crippen LogP) is 4.09. The maximum Gasteiger partial charge on any atom is 0.247 e. The zero-order chi connectivity index (χ0) is 22.8. The van der Waals surface area contributed by atoms with Gasteiger partial charge < -0.3 is 19.7 Å². The van der Waals surface area contributed by atoms with Crippen LogP contribution in [0.1, 0.15) is 30.8 Å². The van der Waals surface area contributed by atoms with Gasteiger partial charge in [0.1, 0.15) is 23.2 Å². The van der Waals surface area contributed by atoms with Crippen molar-refractivity contribution in [3.63, 3.8) is 0 Å². The Morgan fingerprint density at radius 3 is 2.76 bits per heavy atom. The second-order valence-corrected chi connectivity index (χ2v) is 8.26. The van der Waals surface area contributed by atoms with Gasteiger partial charge in [-0.05, 0) is 31.9 Å². The van der Waals surface area contributed by atoms with Crippen LogP contribution in [0, 0.1) is 6.92 Å². The first-order valence-electron chi connectivity index (χ1n) is 11.2. The van der Waals surface area contributed by atoms with E-state index in [2.05, 4.69) is 20.4 Å². The van der Waals surface area contributed by atoms with Crippen LogP contribution in [0.5, 0.6) is 0 Å². The number of nitrogens with one attached hydrogen (secondary N) is 2. The Morgan fingerprint density at radius 2 is 1.94 bits per heavy atom. The zero-order valence-electron chi connectivity index (χ0n) is 18.4. The summed E-state index contributed by atoms with van der Waals surface area (Å²) in [6.45, 7) is 2.34. The Bertz CT molecular complexity index is 1260. The SMILES string of the molecule is Cc1onc(-c2ccccc2)c1NC(=O)[C@@H]1CCCN1C(=O)CCc1nc2ccccc2[nH]1. The molecular weight excluding hydrogens is 418 g/mol. The molecule has 1 atom stereocenters. The van der Waals surface area contributed by atoms with Crippen molar-refractivity contribution in [3.8, 4) is 11.3 Å². The molecule has 3 heterocycles. The van der Waals surface area contributed by atoms with Crippen molar-refractivity contribution >= 4 is 28.5 Å². The van der Waals surface area contributed by atoms with Gasteiger partial charge in [-0.2, -0.15) is 0 Å². The molecule has 8 heteroatoms. The van der Waals surface area contributed by atoms with Gasteiger partial charge in [0.15, 0.2) is 5.76 Å². The molecule has 0 bridgehead atoms. The van der Waals surface area contributed by atoms with Crippen molar-refractivity contribution in [2.45, 2.75) is 38.6 Å². The molecule has 2 aromatic carbocycles. The Balaban J connectivity index is 1.26. The van der Waals surface area contributed by atoms with Gasteiger partial charge in [0.05, 0.1) is 11.0 Å². The van der Waals surface area contributed by atoms with Crippen LogP contribution >= 0.6 is 0 Å². The minimum absolute atomic E-state index is 0.0431. The summed E-state index contributed by atoms with van der Waals surface area (Å²) in [5.74, 6) is 1.05. The first kappa shape index (κ1) is 20.9. The van der Waals surface area contributed by atoms with Crippen LogP contribution in [-0.2, 0) is 16.0 Å². The van der Waals surface area contributed by atoms with Gasteiger partial charge in [-0.25, -0.2) is 4.98 Å². The number of aryl methyl sites for hydroxylation is 2. The molecule has 5 rings (SSSR count). The molecule has 2 aromatic heterocycles.